The molecule has 0 spiro atoms. The number of aromatic nitrogens is 5. The van der Waals surface area contributed by atoms with Gasteiger partial charge in [-0.05, 0) is 37.6 Å². The van der Waals surface area contributed by atoms with Crippen LogP contribution in [-0.2, 0) is 19.6 Å². The summed E-state index contributed by atoms with van der Waals surface area (Å²) in [4.78, 5) is 8.64. The number of hydrogen-bond donors (Lipinski definition) is 2. The van der Waals surface area contributed by atoms with Gasteiger partial charge in [0.25, 0.3) is 0 Å². The average molecular weight is 337 g/mol. The van der Waals surface area contributed by atoms with Crippen molar-refractivity contribution >= 4 is 5.69 Å². The third-order valence-electron chi connectivity index (χ3n) is 4.40. The van der Waals surface area contributed by atoms with Gasteiger partial charge in [0, 0.05) is 51.0 Å². The number of nitrogens with zero attached hydrogens (tertiary/aromatic N) is 5. The topological polar surface area (TPSA) is 72.6 Å². The number of imidazole rings is 1. The fraction of sp³-hybridized carbons (Fsp3) is 0.389. The van der Waals surface area contributed by atoms with E-state index in [4.69, 9.17) is 5.10 Å². The maximum Gasteiger partial charge on any atom is 0.160 e. The molecule has 4 heterocycles. The lowest BCUT2D eigenvalue weighted by molar-refractivity contribution is 0.587. The molecule has 130 valence electrons. The molecular weight excluding hydrogens is 314 g/mol. The third kappa shape index (κ3) is 3.71. The molecule has 0 radical (unpaired) electrons. The minimum atomic E-state index is 0.878. The van der Waals surface area contributed by atoms with Gasteiger partial charge < -0.3 is 15.2 Å². The number of anilines is 1. The molecule has 7 heteroatoms. The smallest absolute Gasteiger partial charge is 0.160 e. The summed E-state index contributed by atoms with van der Waals surface area (Å²) in [5, 5.41) is 11.6. The number of rotatable bonds is 6. The van der Waals surface area contributed by atoms with Crippen molar-refractivity contribution in [3.63, 3.8) is 0 Å². The first-order chi connectivity index (χ1) is 12.4. The highest BCUT2D eigenvalue weighted by Gasteiger charge is 2.15. The summed E-state index contributed by atoms with van der Waals surface area (Å²) >= 11 is 0. The van der Waals surface area contributed by atoms with Crippen molar-refractivity contribution < 1.29 is 0 Å². The quantitative estimate of drug-likeness (QED) is 0.674. The van der Waals surface area contributed by atoms with Gasteiger partial charge >= 0.3 is 0 Å². The summed E-state index contributed by atoms with van der Waals surface area (Å²) in [5.74, 6) is 0.946. The Balaban J connectivity index is 1.39. The molecule has 0 atom stereocenters. The molecule has 1 aliphatic heterocycles. The maximum absolute atomic E-state index is 4.76. The van der Waals surface area contributed by atoms with Crippen LogP contribution in [0.3, 0.4) is 0 Å². The first-order valence-corrected chi connectivity index (χ1v) is 8.83. The van der Waals surface area contributed by atoms with Crippen molar-refractivity contribution in [2.75, 3.05) is 18.4 Å². The molecule has 2 N–H and O–H groups in total. The van der Waals surface area contributed by atoms with E-state index in [-0.39, 0.29) is 0 Å². The summed E-state index contributed by atoms with van der Waals surface area (Å²) in [6.07, 6.45) is 9.63. The highest BCUT2D eigenvalue weighted by molar-refractivity contribution is 5.50. The zero-order valence-electron chi connectivity index (χ0n) is 14.2. The Morgan fingerprint density at radius 1 is 1.28 bits per heavy atom. The summed E-state index contributed by atoms with van der Waals surface area (Å²) in [5.41, 5.74) is 3.25. The number of hydrogen-bond acceptors (Lipinski definition) is 5. The minimum Gasteiger partial charge on any atom is -0.384 e. The van der Waals surface area contributed by atoms with E-state index in [2.05, 4.69) is 35.9 Å². The lowest BCUT2D eigenvalue weighted by Gasteiger charge is -2.08. The summed E-state index contributed by atoms with van der Waals surface area (Å²) in [6, 6.07) is 6.13. The molecule has 0 aliphatic carbocycles. The summed E-state index contributed by atoms with van der Waals surface area (Å²) in [7, 11) is 0. The average Bonchev–Trinajstić information content (AvgIpc) is 3.21. The summed E-state index contributed by atoms with van der Waals surface area (Å²) in [6.45, 7) is 4.70. The van der Waals surface area contributed by atoms with Gasteiger partial charge in [-0.25, -0.2) is 4.98 Å². The van der Waals surface area contributed by atoms with Crippen LogP contribution in [0.15, 0.2) is 43.0 Å². The third-order valence-corrected chi connectivity index (χ3v) is 4.40. The Morgan fingerprint density at radius 2 is 2.28 bits per heavy atom. The predicted molar refractivity (Wildman–Crippen MR) is 97.1 cm³/mol. The normalized spacial score (nSPS) is 14.1. The largest absolute Gasteiger partial charge is 0.384 e. The van der Waals surface area contributed by atoms with Crippen molar-refractivity contribution in [2.24, 2.45) is 0 Å². The number of nitrogens with one attached hydrogen (secondary N) is 2. The lowest BCUT2D eigenvalue weighted by Crippen LogP contribution is -2.11. The van der Waals surface area contributed by atoms with Crippen LogP contribution in [0.1, 0.15) is 18.5 Å². The molecule has 0 saturated heterocycles. The Hall–Kier alpha value is -2.67. The molecule has 25 heavy (non-hydrogen) atoms. The van der Waals surface area contributed by atoms with E-state index in [1.807, 2.05) is 30.7 Å². The van der Waals surface area contributed by atoms with Crippen LogP contribution in [0.4, 0.5) is 5.69 Å². The SMILES string of the molecule is c1cncc(NCCCn2ccnc2-c2cc3n(n2)CCCNC3)c1. The van der Waals surface area contributed by atoms with Gasteiger partial charge in [-0.2, -0.15) is 5.10 Å². The van der Waals surface area contributed by atoms with E-state index in [1.165, 1.54) is 5.69 Å². The highest BCUT2D eigenvalue weighted by atomic mass is 15.3. The van der Waals surface area contributed by atoms with E-state index >= 15 is 0 Å². The van der Waals surface area contributed by atoms with Crippen LogP contribution in [-0.4, -0.2) is 37.4 Å². The molecule has 4 rings (SSSR count). The van der Waals surface area contributed by atoms with Crippen molar-refractivity contribution in [1.29, 1.82) is 0 Å². The van der Waals surface area contributed by atoms with Gasteiger partial charge in [0.05, 0.1) is 11.4 Å². The molecule has 3 aromatic rings. The van der Waals surface area contributed by atoms with Crippen molar-refractivity contribution in [1.82, 2.24) is 29.6 Å². The van der Waals surface area contributed by atoms with Crippen molar-refractivity contribution in [2.45, 2.75) is 32.5 Å². The fourth-order valence-corrected chi connectivity index (χ4v) is 3.14. The summed E-state index contributed by atoms with van der Waals surface area (Å²) < 4.78 is 4.29. The molecule has 1 aliphatic rings. The zero-order valence-corrected chi connectivity index (χ0v) is 14.2. The Labute approximate surface area is 147 Å². The van der Waals surface area contributed by atoms with Crippen LogP contribution in [0, 0.1) is 0 Å². The second-order valence-corrected chi connectivity index (χ2v) is 6.24. The number of pyridine rings is 1. The van der Waals surface area contributed by atoms with Crippen LogP contribution in [0.2, 0.25) is 0 Å². The standard InChI is InChI=1S/C18H23N7/c1-4-15(13-19-5-1)21-7-3-9-24-11-8-22-18(24)17-12-16-14-20-6-2-10-25(16)23-17/h1,4-5,8,11-13,20-21H,2-3,6-7,9-10,14H2. The van der Waals surface area contributed by atoms with Gasteiger partial charge in [0.15, 0.2) is 5.82 Å². The van der Waals surface area contributed by atoms with Gasteiger partial charge in [-0.15, -0.1) is 0 Å². The molecule has 0 saturated carbocycles. The van der Waals surface area contributed by atoms with E-state index < -0.39 is 0 Å². The van der Waals surface area contributed by atoms with Crippen molar-refractivity contribution in [3.8, 4) is 11.5 Å². The monoisotopic (exact) mass is 337 g/mol. The van der Waals surface area contributed by atoms with Crippen LogP contribution < -0.4 is 10.6 Å². The van der Waals surface area contributed by atoms with Gasteiger partial charge in [0.2, 0.25) is 0 Å². The van der Waals surface area contributed by atoms with Crippen LogP contribution >= 0.6 is 0 Å². The van der Waals surface area contributed by atoms with Gasteiger partial charge in [-0.1, -0.05) is 0 Å². The maximum atomic E-state index is 4.76. The molecule has 0 fully saturated rings. The molecule has 0 bridgehead atoms. The Bertz CT molecular complexity index is 782. The van der Waals surface area contributed by atoms with E-state index in [0.717, 1.165) is 62.8 Å². The van der Waals surface area contributed by atoms with E-state index in [1.54, 1.807) is 6.20 Å². The predicted octanol–water partition coefficient (Wildman–Crippen LogP) is 2.14. The number of fused-ring (bicyclic) bond motifs is 1. The second-order valence-electron chi connectivity index (χ2n) is 6.24. The van der Waals surface area contributed by atoms with Gasteiger partial charge in [-0.3, -0.25) is 9.67 Å². The van der Waals surface area contributed by atoms with Gasteiger partial charge in [0.1, 0.15) is 5.69 Å². The second kappa shape index (κ2) is 7.48. The lowest BCUT2D eigenvalue weighted by atomic mass is 10.3. The fourth-order valence-electron chi connectivity index (χ4n) is 3.14. The zero-order chi connectivity index (χ0) is 16.9. The molecule has 0 amide bonds. The Morgan fingerprint density at radius 3 is 3.20 bits per heavy atom. The van der Waals surface area contributed by atoms with E-state index in [9.17, 15) is 0 Å². The molecular formula is C18H23N7. The first kappa shape index (κ1) is 15.8. The molecule has 0 unspecified atom stereocenters. The van der Waals surface area contributed by atoms with Crippen LogP contribution in [0.5, 0.6) is 0 Å². The molecule has 7 nitrogen and oxygen atoms in total. The van der Waals surface area contributed by atoms with E-state index in [0.29, 0.717) is 0 Å². The van der Waals surface area contributed by atoms with Crippen LogP contribution in [0.25, 0.3) is 11.5 Å². The van der Waals surface area contributed by atoms with Crippen molar-refractivity contribution in [3.05, 3.63) is 48.7 Å². The number of aryl methyl sites for hydroxylation is 2. The highest BCUT2D eigenvalue weighted by Crippen LogP contribution is 2.19. The first-order valence-electron chi connectivity index (χ1n) is 8.83. The minimum absolute atomic E-state index is 0.878. The molecule has 0 aromatic carbocycles. The molecule has 3 aromatic heterocycles. The Kier molecular flexibility index (Phi) is 4.74.